The van der Waals surface area contributed by atoms with Crippen molar-refractivity contribution in [3.05, 3.63) is 35.9 Å². The second kappa shape index (κ2) is 5.73. The van der Waals surface area contributed by atoms with Gasteiger partial charge >= 0.3 is 5.97 Å². The first-order chi connectivity index (χ1) is 6.86. The Kier molecular flexibility index (Phi) is 4.59. The third-order valence-electron chi connectivity index (χ3n) is 2.33. The van der Waals surface area contributed by atoms with Crippen LogP contribution in [0.3, 0.4) is 0 Å². The summed E-state index contributed by atoms with van der Waals surface area (Å²) in [6.45, 7) is 1.29. The quantitative estimate of drug-likeness (QED) is 0.796. The number of halogens is 1. The van der Waals surface area contributed by atoms with E-state index in [1.165, 1.54) is 0 Å². The van der Waals surface area contributed by atoms with Crippen molar-refractivity contribution >= 4 is 18.4 Å². The third-order valence-corrected chi connectivity index (χ3v) is 2.33. The van der Waals surface area contributed by atoms with Gasteiger partial charge in [0.1, 0.15) is 12.6 Å². The molecule has 1 atom stereocenters. The molecule has 1 N–H and O–H groups in total. The van der Waals surface area contributed by atoms with E-state index in [-0.39, 0.29) is 24.4 Å². The molecule has 1 saturated heterocycles. The summed E-state index contributed by atoms with van der Waals surface area (Å²) < 4.78 is 5.13. The smallest absolute Gasteiger partial charge is 0.323 e. The predicted molar refractivity (Wildman–Crippen MR) is 59.9 cm³/mol. The van der Waals surface area contributed by atoms with Crippen molar-refractivity contribution in [1.29, 1.82) is 0 Å². The maximum atomic E-state index is 11.3. The highest BCUT2D eigenvalue weighted by atomic mass is 35.5. The van der Waals surface area contributed by atoms with Gasteiger partial charge in [-0.25, -0.2) is 0 Å². The third kappa shape index (κ3) is 3.22. The van der Waals surface area contributed by atoms with Crippen molar-refractivity contribution in [2.75, 3.05) is 6.54 Å². The fraction of sp³-hybridized carbons (Fsp3) is 0.364. The molecule has 1 heterocycles. The molecule has 0 saturated carbocycles. The number of nitrogens with one attached hydrogen (secondary N) is 1. The highest BCUT2D eigenvalue weighted by Crippen LogP contribution is 2.06. The molecule has 1 aliphatic heterocycles. The van der Waals surface area contributed by atoms with Gasteiger partial charge in [-0.05, 0) is 18.5 Å². The number of hydrogen-bond donors (Lipinski definition) is 1. The summed E-state index contributed by atoms with van der Waals surface area (Å²) in [5, 5.41) is 3.01. The standard InChI is InChI=1S/C11H13NO2.ClH/c13-11(10-6-7-12-10)14-8-9-4-2-1-3-5-9;/h1-5,10,12H,6-8H2;1H/t10-;/m0./s1. The van der Waals surface area contributed by atoms with Crippen molar-refractivity contribution < 1.29 is 9.53 Å². The van der Waals surface area contributed by atoms with Gasteiger partial charge in [-0.1, -0.05) is 30.3 Å². The van der Waals surface area contributed by atoms with Crippen LogP contribution in [-0.2, 0) is 16.1 Å². The molecule has 1 aliphatic rings. The Bertz CT molecular complexity index is 312. The minimum Gasteiger partial charge on any atom is -0.460 e. The van der Waals surface area contributed by atoms with Crippen LogP contribution in [0.1, 0.15) is 12.0 Å². The van der Waals surface area contributed by atoms with E-state index in [0.29, 0.717) is 6.61 Å². The Balaban J connectivity index is 0.00000112. The van der Waals surface area contributed by atoms with Gasteiger partial charge in [0.25, 0.3) is 0 Å². The molecule has 0 unspecified atom stereocenters. The lowest BCUT2D eigenvalue weighted by Gasteiger charge is -2.25. The van der Waals surface area contributed by atoms with Crippen LogP contribution in [0.2, 0.25) is 0 Å². The van der Waals surface area contributed by atoms with Crippen LogP contribution in [0.5, 0.6) is 0 Å². The predicted octanol–water partition coefficient (Wildman–Crippen LogP) is 1.51. The topological polar surface area (TPSA) is 38.3 Å². The van der Waals surface area contributed by atoms with Crippen molar-refractivity contribution in [2.24, 2.45) is 0 Å². The van der Waals surface area contributed by atoms with Gasteiger partial charge in [0.05, 0.1) is 0 Å². The average Bonchev–Trinajstić information content (AvgIpc) is 2.14. The van der Waals surface area contributed by atoms with Gasteiger partial charge in [-0.2, -0.15) is 0 Å². The molecule has 0 spiro atoms. The summed E-state index contributed by atoms with van der Waals surface area (Å²) in [7, 11) is 0. The fourth-order valence-electron chi connectivity index (χ4n) is 1.32. The minimum atomic E-state index is -0.139. The molecular weight excluding hydrogens is 214 g/mol. The summed E-state index contributed by atoms with van der Waals surface area (Å²) in [6, 6.07) is 9.64. The van der Waals surface area contributed by atoms with E-state index in [1.54, 1.807) is 0 Å². The van der Waals surface area contributed by atoms with E-state index in [4.69, 9.17) is 4.74 Å². The zero-order chi connectivity index (χ0) is 9.80. The minimum absolute atomic E-state index is 0. The van der Waals surface area contributed by atoms with Gasteiger partial charge in [-0.15, -0.1) is 12.4 Å². The molecule has 0 radical (unpaired) electrons. The number of hydrogen-bond acceptors (Lipinski definition) is 3. The maximum Gasteiger partial charge on any atom is 0.323 e. The number of benzene rings is 1. The number of carbonyl (C=O) groups is 1. The Labute approximate surface area is 95.2 Å². The van der Waals surface area contributed by atoms with Crippen molar-refractivity contribution in [3.8, 4) is 0 Å². The van der Waals surface area contributed by atoms with E-state index >= 15 is 0 Å². The molecule has 0 bridgehead atoms. The Morgan fingerprint density at radius 2 is 2.07 bits per heavy atom. The first-order valence-corrected chi connectivity index (χ1v) is 4.80. The highest BCUT2D eigenvalue weighted by molar-refractivity contribution is 5.85. The lowest BCUT2D eigenvalue weighted by atomic mass is 10.1. The summed E-state index contributed by atoms with van der Waals surface area (Å²) in [5.41, 5.74) is 1.03. The average molecular weight is 228 g/mol. The van der Waals surface area contributed by atoms with Gasteiger partial charge in [0, 0.05) is 0 Å². The van der Waals surface area contributed by atoms with Gasteiger partial charge in [0.2, 0.25) is 0 Å². The monoisotopic (exact) mass is 227 g/mol. The molecule has 2 rings (SSSR count). The molecule has 1 fully saturated rings. The van der Waals surface area contributed by atoms with Crippen LogP contribution in [0, 0.1) is 0 Å². The van der Waals surface area contributed by atoms with Crippen LogP contribution in [0.25, 0.3) is 0 Å². The van der Waals surface area contributed by atoms with Crippen molar-refractivity contribution in [1.82, 2.24) is 5.32 Å². The molecule has 15 heavy (non-hydrogen) atoms. The largest absolute Gasteiger partial charge is 0.460 e. The summed E-state index contributed by atoms with van der Waals surface area (Å²) in [5.74, 6) is -0.139. The number of carbonyl (C=O) groups excluding carboxylic acids is 1. The van der Waals surface area contributed by atoms with Gasteiger partial charge < -0.3 is 10.1 Å². The highest BCUT2D eigenvalue weighted by Gasteiger charge is 2.25. The normalized spacial score (nSPS) is 18.5. The lowest BCUT2D eigenvalue weighted by Crippen LogP contribution is -2.49. The fourth-order valence-corrected chi connectivity index (χ4v) is 1.32. The first-order valence-electron chi connectivity index (χ1n) is 4.80. The second-order valence-corrected chi connectivity index (χ2v) is 3.39. The number of ether oxygens (including phenoxy) is 1. The molecular formula is C11H14ClNO2. The molecule has 3 nitrogen and oxygen atoms in total. The number of rotatable bonds is 3. The summed E-state index contributed by atoms with van der Waals surface area (Å²) in [6.07, 6.45) is 0.896. The molecule has 0 amide bonds. The van der Waals surface area contributed by atoms with Crippen LogP contribution in [0.4, 0.5) is 0 Å². The number of esters is 1. The second-order valence-electron chi connectivity index (χ2n) is 3.39. The zero-order valence-corrected chi connectivity index (χ0v) is 9.13. The van der Waals surface area contributed by atoms with Crippen molar-refractivity contribution in [3.63, 3.8) is 0 Å². The van der Waals surface area contributed by atoms with E-state index < -0.39 is 0 Å². The van der Waals surface area contributed by atoms with Crippen molar-refractivity contribution in [2.45, 2.75) is 19.1 Å². The molecule has 0 aromatic heterocycles. The SMILES string of the molecule is Cl.O=C(OCc1ccccc1)[C@@H]1CCN1. The summed E-state index contributed by atoms with van der Waals surface area (Å²) in [4.78, 5) is 11.3. The summed E-state index contributed by atoms with van der Waals surface area (Å²) >= 11 is 0. The van der Waals surface area contributed by atoms with E-state index in [0.717, 1.165) is 18.5 Å². The Morgan fingerprint density at radius 3 is 2.60 bits per heavy atom. The van der Waals surface area contributed by atoms with Crippen LogP contribution < -0.4 is 5.32 Å². The zero-order valence-electron chi connectivity index (χ0n) is 8.31. The van der Waals surface area contributed by atoms with Crippen LogP contribution >= 0.6 is 12.4 Å². The molecule has 82 valence electrons. The van der Waals surface area contributed by atoms with Gasteiger partial charge in [-0.3, -0.25) is 4.79 Å². The van der Waals surface area contributed by atoms with Gasteiger partial charge in [0.15, 0.2) is 0 Å². The van der Waals surface area contributed by atoms with Crippen LogP contribution in [-0.4, -0.2) is 18.6 Å². The molecule has 1 aromatic carbocycles. The maximum absolute atomic E-state index is 11.3. The van der Waals surface area contributed by atoms with E-state index in [2.05, 4.69) is 5.32 Å². The molecule has 4 heteroatoms. The van der Waals surface area contributed by atoms with E-state index in [1.807, 2.05) is 30.3 Å². The molecule has 1 aromatic rings. The van der Waals surface area contributed by atoms with Crippen LogP contribution in [0.15, 0.2) is 30.3 Å². The Hall–Kier alpha value is -1.06. The first kappa shape index (κ1) is 12.0. The lowest BCUT2D eigenvalue weighted by molar-refractivity contribution is -0.149. The van der Waals surface area contributed by atoms with E-state index in [9.17, 15) is 4.79 Å². The Morgan fingerprint density at radius 1 is 1.40 bits per heavy atom. The molecule has 0 aliphatic carbocycles.